The van der Waals surface area contributed by atoms with Gasteiger partial charge in [-0.05, 0) is 57.8 Å². The van der Waals surface area contributed by atoms with E-state index in [0.717, 1.165) is 38.0 Å². The molecule has 5 nitrogen and oxygen atoms in total. The Kier molecular flexibility index (Phi) is 15.4. The standard InChI is InChI=1S/C23H46N4O.HI/c1-4-24-23(26-21-13-16-27(17-14-21)19-20(2)3)25-15-9-6-10-18-28-22-11-7-5-8-12-22;/h20-22H,4-19H2,1-3H3,(H2,24,25,26);1H. The SMILES string of the molecule is CCNC(=NCCCCCOC1CCCCC1)NC1CCN(CC(C)C)CC1.I. The van der Waals surface area contributed by atoms with Gasteiger partial charge < -0.3 is 20.3 Å². The van der Waals surface area contributed by atoms with Gasteiger partial charge >= 0.3 is 0 Å². The zero-order valence-corrected chi connectivity index (χ0v) is 21.6. The molecular formula is C23H47IN4O. The molecule has 0 spiro atoms. The molecule has 6 heteroatoms. The maximum Gasteiger partial charge on any atom is 0.191 e. The average Bonchev–Trinajstić information content (AvgIpc) is 2.69. The van der Waals surface area contributed by atoms with Crippen molar-refractivity contribution in [3.63, 3.8) is 0 Å². The zero-order chi connectivity index (χ0) is 20.0. The molecule has 0 aromatic rings. The van der Waals surface area contributed by atoms with E-state index in [0.29, 0.717) is 12.1 Å². The summed E-state index contributed by atoms with van der Waals surface area (Å²) in [4.78, 5) is 7.40. The largest absolute Gasteiger partial charge is 0.378 e. The second-order valence-electron chi connectivity index (χ2n) is 9.07. The molecule has 1 aliphatic carbocycles. The highest BCUT2D eigenvalue weighted by molar-refractivity contribution is 14.0. The van der Waals surface area contributed by atoms with Crippen molar-refractivity contribution in [3.05, 3.63) is 0 Å². The quantitative estimate of drug-likeness (QED) is 0.177. The number of halogens is 1. The van der Waals surface area contributed by atoms with E-state index in [4.69, 9.17) is 9.73 Å². The fourth-order valence-corrected chi connectivity index (χ4v) is 4.35. The number of hydrogen-bond acceptors (Lipinski definition) is 3. The molecule has 0 aromatic heterocycles. The lowest BCUT2D eigenvalue weighted by molar-refractivity contribution is 0.0264. The lowest BCUT2D eigenvalue weighted by Crippen LogP contribution is -2.49. The molecule has 0 atom stereocenters. The van der Waals surface area contributed by atoms with Crippen LogP contribution in [0.1, 0.15) is 85.0 Å². The minimum Gasteiger partial charge on any atom is -0.378 e. The van der Waals surface area contributed by atoms with Crippen molar-refractivity contribution in [2.45, 2.75) is 97.1 Å². The van der Waals surface area contributed by atoms with Gasteiger partial charge in [0.05, 0.1) is 6.10 Å². The summed E-state index contributed by atoms with van der Waals surface area (Å²) in [7, 11) is 0. The van der Waals surface area contributed by atoms with E-state index in [1.165, 1.54) is 77.4 Å². The summed E-state index contributed by atoms with van der Waals surface area (Å²) < 4.78 is 6.02. The van der Waals surface area contributed by atoms with Crippen LogP contribution in [0.15, 0.2) is 4.99 Å². The van der Waals surface area contributed by atoms with Crippen LogP contribution in [0.5, 0.6) is 0 Å². The summed E-state index contributed by atoms with van der Waals surface area (Å²) in [5.41, 5.74) is 0. The Morgan fingerprint density at radius 3 is 2.41 bits per heavy atom. The van der Waals surface area contributed by atoms with Crippen LogP contribution in [-0.4, -0.2) is 62.3 Å². The first-order valence-corrected chi connectivity index (χ1v) is 12.1. The lowest BCUT2D eigenvalue weighted by atomic mass is 9.98. The van der Waals surface area contributed by atoms with Crippen LogP contribution in [0.3, 0.4) is 0 Å². The minimum atomic E-state index is 0. The molecule has 0 amide bonds. The van der Waals surface area contributed by atoms with Crippen LogP contribution in [0, 0.1) is 5.92 Å². The molecule has 1 aliphatic heterocycles. The van der Waals surface area contributed by atoms with Crippen LogP contribution in [0.25, 0.3) is 0 Å². The average molecular weight is 523 g/mol. The molecule has 1 saturated heterocycles. The molecular weight excluding hydrogens is 475 g/mol. The number of ether oxygens (including phenoxy) is 1. The van der Waals surface area contributed by atoms with Gasteiger partial charge in [0, 0.05) is 45.4 Å². The Balaban J connectivity index is 0.00000420. The molecule has 0 unspecified atom stereocenters. The monoisotopic (exact) mass is 522 g/mol. The van der Waals surface area contributed by atoms with Gasteiger partial charge in [-0.2, -0.15) is 0 Å². The van der Waals surface area contributed by atoms with E-state index in [-0.39, 0.29) is 24.0 Å². The van der Waals surface area contributed by atoms with E-state index in [1.807, 2.05) is 0 Å². The number of unbranched alkanes of at least 4 members (excludes halogenated alkanes) is 2. The van der Waals surface area contributed by atoms with Crippen molar-refractivity contribution in [1.82, 2.24) is 15.5 Å². The second-order valence-corrected chi connectivity index (χ2v) is 9.07. The fourth-order valence-electron chi connectivity index (χ4n) is 4.35. The van der Waals surface area contributed by atoms with Gasteiger partial charge in [-0.25, -0.2) is 0 Å². The van der Waals surface area contributed by atoms with Gasteiger partial charge in [0.25, 0.3) is 0 Å². The lowest BCUT2D eigenvalue weighted by Gasteiger charge is -2.34. The minimum absolute atomic E-state index is 0. The van der Waals surface area contributed by atoms with Gasteiger partial charge in [-0.1, -0.05) is 33.1 Å². The summed E-state index contributed by atoms with van der Waals surface area (Å²) in [6.45, 7) is 13.2. The van der Waals surface area contributed by atoms with E-state index in [2.05, 4.69) is 36.3 Å². The molecule has 2 rings (SSSR count). The highest BCUT2D eigenvalue weighted by Crippen LogP contribution is 2.20. The number of nitrogens with zero attached hydrogens (tertiary/aromatic N) is 2. The van der Waals surface area contributed by atoms with Crippen molar-refractivity contribution in [1.29, 1.82) is 0 Å². The van der Waals surface area contributed by atoms with Gasteiger partial charge in [0.15, 0.2) is 5.96 Å². The van der Waals surface area contributed by atoms with E-state index in [9.17, 15) is 0 Å². The van der Waals surface area contributed by atoms with Gasteiger partial charge in [0.2, 0.25) is 0 Å². The van der Waals surface area contributed by atoms with Crippen molar-refractivity contribution >= 4 is 29.9 Å². The van der Waals surface area contributed by atoms with Crippen LogP contribution in [0.2, 0.25) is 0 Å². The maximum absolute atomic E-state index is 6.02. The maximum atomic E-state index is 6.02. The Morgan fingerprint density at radius 2 is 1.76 bits per heavy atom. The number of rotatable bonds is 11. The highest BCUT2D eigenvalue weighted by Gasteiger charge is 2.20. The second kappa shape index (κ2) is 16.6. The van der Waals surface area contributed by atoms with Crippen molar-refractivity contribution in [3.8, 4) is 0 Å². The number of likely N-dealkylation sites (tertiary alicyclic amines) is 1. The third kappa shape index (κ3) is 12.4. The summed E-state index contributed by atoms with van der Waals surface area (Å²) >= 11 is 0. The van der Waals surface area contributed by atoms with E-state index in [1.54, 1.807) is 0 Å². The predicted molar refractivity (Wildman–Crippen MR) is 136 cm³/mol. The topological polar surface area (TPSA) is 48.9 Å². The van der Waals surface area contributed by atoms with E-state index >= 15 is 0 Å². The predicted octanol–water partition coefficient (Wildman–Crippen LogP) is 4.80. The fraction of sp³-hybridized carbons (Fsp3) is 0.957. The molecule has 0 aromatic carbocycles. The molecule has 172 valence electrons. The van der Waals surface area contributed by atoms with Crippen LogP contribution in [0.4, 0.5) is 0 Å². The van der Waals surface area contributed by atoms with Crippen molar-refractivity contribution < 1.29 is 4.74 Å². The normalized spacial score (nSPS) is 19.9. The highest BCUT2D eigenvalue weighted by atomic mass is 127. The molecule has 2 N–H and O–H groups in total. The first-order valence-electron chi connectivity index (χ1n) is 12.1. The van der Waals surface area contributed by atoms with Gasteiger partial charge in [-0.3, -0.25) is 4.99 Å². The van der Waals surface area contributed by atoms with Crippen molar-refractivity contribution in [2.75, 3.05) is 39.3 Å². The van der Waals surface area contributed by atoms with Crippen LogP contribution >= 0.6 is 24.0 Å². The summed E-state index contributed by atoms with van der Waals surface area (Å²) in [6.07, 6.45) is 13.2. The van der Waals surface area contributed by atoms with Gasteiger partial charge in [0.1, 0.15) is 0 Å². The number of aliphatic imine (C=N–C) groups is 1. The Labute approximate surface area is 197 Å². The summed E-state index contributed by atoms with van der Waals surface area (Å²) in [5, 5.41) is 7.08. The van der Waals surface area contributed by atoms with Crippen molar-refractivity contribution in [2.24, 2.45) is 10.9 Å². The molecule has 29 heavy (non-hydrogen) atoms. The molecule has 1 saturated carbocycles. The summed E-state index contributed by atoms with van der Waals surface area (Å²) in [6, 6.07) is 0.560. The molecule has 1 heterocycles. The number of nitrogens with one attached hydrogen (secondary N) is 2. The Bertz CT molecular complexity index is 419. The molecule has 2 fully saturated rings. The first kappa shape index (κ1) is 27.0. The number of guanidine groups is 1. The first-order chi connectivity index (χ1) is 13.7. The Morgan fingerprint density at radius 1 is 1.03 bits per heavy atom. The molecule has 0 radical (unpaired) electrons. The number of hydrogen-bond donors (Lipinski definition) is 2. The molecule has 0 bridgehead atoms. The third-order valence-electron chi connectivity index (χ3n) is 5.87. The van der Waals surface area contributed by atoms with Gasteiger partial charge in [-0.15, -0.1) is 24.0 Å². The van der Waals surface area contributed by atoms with E-state index < -0.39 is 0 Å². The smallest absolute Gasteiger partial charge is 0.191 e. The van der Waals surface area contributed by atoms with Crippen LogP contribution in [-0.2, 0) is 4.74 Å². The Hall–Kier alpha value is -0.0800. The number of piperidine rings is 1. The summed E-state index contributed by atoms with van der Waals surface area (Å²) in [5.74, 6) is 1.76. The third-order valence-corrected chi connectivity index (χ3v) is 5.87. The molecule has 2 aliphatic rings. The van der Waals surface area contributed by atoms with Crippen LogP contribution < -0.4 is 10.6 Å². The zero-order valence-electron chi connectivity index (χ0n) is 19.3.